The van der Waals surface area contributed by atoms with Gasteiger partial charge >= 0.3 is 0 Å². The molecule has 2 rings (SSSR count). The van der Waals surface area contributed by atoms with Crippen molar-refractivity contribution in [2.24, 2.45) is 0 Å². The van der Waals surface area contributed by atoms with Gasteiger partial charge in [-0.25, -0.2) is 8.78 Å². The van der Waals surface area contributed by atoms with Crippen LogP contribution in [-0.4, -0.2) is 11.1 Å². The number of carbonyl (C=O) groups excluding carboxylic acids is 2. The SMILES string of the molecule is O=C(Cl)c1cccc(NC(=O)c2cc(F)ccc2F)c1. The van der Waals surface area contributed by atoms with E-state index in [1.807, 2.05) is 0 Å². The van der Waals surface area contributed by atoms with Crippen molar-refractivity contribution >= 4 is 28.4 Å². The molecule has 0 saturated heterocycles. The van der Waals surface area contributed by atoms with Gasteiger partial charge in [0.15, 0.2) is 0 Å². The topological polar surface area (TPSA) is 46.2 Å². The van der Waals surface area contributed by atoms with Gasteiger partial charge in [0.1, 0.15) is 11.6 Å². The normalized spacial score (nSPS) is 10.2. The number of amides is 1. The van der Waals surface area contributed by atoms with Crippen LogP contribution in [0, 0.1) is 11.6 Å². The summed E-state index contributed by atoms with van der Waals surface area (Å²) < 4.78 is 26.4. The van der Waals surface area contributed by atoms with Crippen LogP contribution in [0.4, 0.5) is 14.5 Å². The number of nitrogens with one attached hydrogen (secondary N) is 1. The second-order valence-electron chi connectivity index (χ2n) is 3.93. The van der Waals surface area contributed by atoms with E-state index < -0.39 is 28.3 Å². The number of rotatable bonds is 3. The molecule has 20 heavy (non-hydrogen) atoms. The van der Waals surface area contributed by atoms with Gasteiger partial charge in [-0.15, -0.1) is 0 Å². The lowest BCUT2D eigenvalue weighted by Crippen LogP contribution is -2.14. The first kappa shape index (κ1) is 14.1. The van der Waals surface area contributed by atoms with Crippen LogP contribution >= 0.6 is 11.6 Å². The lowest BCUT2D eigenvalue weighted by Gasteiger charge is -2.07. The number of halogens is 3. The molecule has 0 unspecified atom stereocenters. The summed E-state index contributed by atoms with van der Waals surface area (Å²) in [5, 5.41) is 1.68. The van der Waals surface area contributed by atoms with Gasteiger partial charge in [-0.1, -0.05) is 6.07 Å². The Morgan fingerprint density at radius 2 is 1.80 bits per heavy atom. The van der Waals surface area contributed by atoms with E-state index in [-0.39, 0.29) is 11.3 Å². The number of hydrogen-bond acceptors (Lipinski definition) is 2. The zero-order chi connectivity index (χ0) is 14.7. The van der Waals surface area contributed by atoms with E-state index in [2.05, 4.69) is 5.32 Å². The highest BCUT2D eigenvalue weighted by Gasteiger charge is 2.13. The molecule has 102 valence electrons. The molecule has 0 aliphatic carbocycles. The first-order chi connectivity index (χ1) is 9.47. The second-order valence-corrected chi connectivity index (χ2v) is 4.28. The van der Waals surface area contributed by atoms with Crippen LogP contribution in [0.15, 0.2) is 42.5 Å². The van der Waals surface area contributed by atoms with E-state index >= 15 is 0 Å². The molecule has 0 fully saturated rings. The molecular weight excluding hydrogens is 288 g/mol. The number of benzene rings is 2. The fourth-order valence-corrected chi connectivity index (χ4v) is 1.71. The van der Waals surface area contributed by atoms with Crippen molar-refractivity contribution < 1.29 is 18.4 Å². The van der Waals surface area contributed by atoms with E-state index in [0.29, 0.717) is 0 Å². The van der Waals surface area contributed by atoms with Gasteiger partial charge in [0.05, 0.1) is 5.56 Å². The Kier molecular flexibility index (Phi) is 4.10. The Bertz CT molecular complexity index is 689. The zero-order valence-corrected chi connectivity index (χ0v) is 10.7. The molecule has 0 radical (unpaired) electrons. The lowest BCUT2D eigenvalue weighted by atomic mass is 10.1. The van der Waals surface area contributed by atoms with E-state index in [0.717, 1.165) is 18.2 Å². The maximum atomic E-state index is 13.4. The molecule has 0 spiro atoms. The fraction of sp³-hybridized carbons (Fsp3) is 0. The van der Waals surface area contributed by atoms with E-state index in [4.69, 9.17) is 11.6 Å². The molecule has 1 amide bonds. The molecular formula is C14H8ClF2NO2. The summed E-state index contributed by atoms with van der Waals surface area (Å²) >= 11 is 5.31. The van der Waals surface area contributed by atoms with Gasteiger partial charge in [-0.3, -0.25) is 9.59 Å². The molecule has 0 aliphatic rings. The molecule has 1 N–H and O–H groups in total. The van der Waals surface area contributed by atoms with Gasteiger partial charge in [-0.05, 0) is 48.0 Å². The summed E-state index contributed by atoms with van der Waals surface area (Å²) in [5.74, 6) is -2.38. The van der Waals surface area contributed by atoms with Crippen molar-refractivity contribution in [2.45, 2.75) is 0 Å². The van der Waals surface area contributed by atoms with Crippen molar-refractivity contribution in [2.75, 3.05) is 5.32 Å². The maximum absolute atomic E-state index is 13.4. The Labute approximate surface area is 118 Å². The first-order valence-electron chi connectivity index (χ1n) is 5.53. The highest BCUT2D eigenvalue weighted by atomic mass is 35.5. The maximum Gasteiger partial charge on any atom is 0.258 e. The average Bonchev–Trinajstić information content (AvgIpc) is 2.41. The highest BCUT2D eigenvalue weighted by molar-refractivity contribution is 6.67. The van der Waals surface area contributed by atoms with Crippen LogP contribution in [0.3, 0.4) is 0 Å². The predicted molar refractivity (Wildman–Crippen MR) is 70.9 cm³/mol. The van der Waals surface area contributed by atoms with Gasteiger partial charge in [0.25, 0.3) is 11.1 Å². The third-order valence-electron chi connectivity index (χ3n) is 2.52. The second kappa shape index (κ2) is 5.79. The van der Waals surface area contributed by atoms with Gasteiger partial charge in [0, 0.05) is 11.3 Å². The van der Waals surface area contributed by atoms with E-state index in [1.165, 1.54) is 24.3 Å². The summed E-state index contributed by atoms with van der Waals surface area (Å²) in [6, 6.07) is 8.38. The summed E-state index contributed by atoms with van der Waals surface area (Å²) in [5.41, 5.74) is 0.0157. The van der Waals surface area contributed by atoms with E-state index in [1.54, 1.807) is 0 Å². The van der Waals surface area contributed by atoms with Crippen LogP contribution in [0.25, 0.3) is 0 Å². The molecule has 0 aliphatic heterocycles. The summed E-state index contributed by atoms with van der Waals surface area (Å²) in [6.07, 6.45) is 0. The van der Waals surface area contributed by atoms with Gasteiger partial charge < -0.3 is 5.32 Å². The molecule has 3 nitrogen and oxygen atoms in total. The molecule has 6 heteroatoms. The van der Waals surface area contributed by atoms with Crippen LogP contribution < -0.4 is 5.32 Å². The van der Waals surface area contributed by atoms with Crippen LogP contribution in [-0.2, 0) is 0 Å². The van der Waals surface area contributed by atoms with Crippen LogP contribution in [0.5, 0.6) is 0 Å². The molecule has 0 bridgehead atoms. The molecule has 0 saturated carbocycles. The Morgan fingerprint density at radius 1 is 1.05 bits per heavy atom. The zero-order valence-electron chi connectivity index (χ0n) is 9.99. The monoisotopic (exact) mass is 295 g/mol. The molecule has 2 aromatic rings. The standard InChI is InChI=1S/C14H8ClF2NO2/c15-13(19)8-2-1-3-10(6-8)18-14(20)11-7-9(16)4-5-12(11)17/h1-7H,(H,18,20). The smallest absolute Gasteiger partial charge is 0.258 e. The van der Waals surface area contributed by atoms with E-state index in [9.17, 15) is 18.4 Å². The van der Waals surface area contributed by atoms with Gasteiger partial charge in [0.2, 0.25) is 0 Å². The molecule has 2 aromatic carbocycles. The van der Waals surface area contributed by atoms with Gasteiger partial charge in [-0.2, -0.15) is 0 Å². The largest absolute Gasteiger partial charge is 0.322 e. The van der Waals surface area contributed by atoms with Crippen LogP contribution in [0.2, 0.25) is 0 Å². The minimum Gasteiger partial charge on any atom is -0.322 e. The quantitative estimate of drug-likeness (QED) is 0.880. The van der Waals surface area contributed by atoms with Crippen molar-refractivity contribution in [1.29, 1.82) is 0 Å². The predicted octanol–water partition coefficient (Wildman–Crippen LogP) is 3.60. The Hall–Kier alpha value is -2.27. The fourth-order valence-electron chi connectivity index (χ4n) is 1.59. The summed E-state index contributed by atoms with van der Waals surface area (Å²) in [6.45, 7) is 0. The lowest BCUT2D eigenvalue weighted by molar-refractivity contribution is 0.102. The Balaban J connectivity index is 2.25. The number of hydrogen-bond donors (Lipinski definition) is 1. The van der Waals surface area contributed by atoms with Crippen LogP contribution in [0.1, 0.15) is 20.7 Å². The third kappa shape index (κ3) is 3.19. The third-order valence-corrected chi connectivity index (χ3v) is 2.74. The number of anilines is 1. The van der Waals surface area contributed by atoms with Crippen molar-refractivity contribution in [3.05, 3.63) is 65.2 Å². The molecule has 0 aromatic heterocycles. The average molecular weight is 296 g/mol. The van der Waals surface area contributed by atoms with Crippen molar-refractivity contribution in [1.82, 2.24) is 0 Å². The first-order valence-corrected chi connectivity index (χ1v) is 5.91. The summed E-state index contributed by atoms with van der Waals surface area (Å²) in [7, 11) is 0. The summed E-state index contributed by atoms with van der Waals surface area (Å²) in [4.78, 5) is 22.8. The molecule has 0 heterocycles. The van der Waals surface area contributed by atoms with Crippen molar-refractivity contribution in [3.8, 4) is 0 Å². The number of carbonyl (C=O) groups is 2. The minimum absolute atomic E-state index is 0.184. The Morgan fingerprint density at radius 3 is 2.50 bits per heavy atom. The molecule has 0 atom stereocenters. The minimum atomic E-state index is -0.839. The highest BCUT2D eigenvalue weighted by Crippen LogP contribution is 2.16. The van der Waals surface area contributed by atoms with Crippen molar-refractivity contribution in [3.63, 3.8) is 0 Å².